The molecule has 2 aliphatic rings. The summed E-state index contributed by atoms with van der Waals surface area (Å²) in [7, 11) is 0. The van der Waals surface area contributed by atoms with Crippen molar-refractivity contribution in [1.82, 2.24) is 0 Å². The molecule has 33 heavy (non-hydrogen) atoms. The number of ether oxygens (including phenoxy) is 5. The van der Waals surface area contributed by atoms with Crippen molar-refractivity contribution in [3.63, 3.8) is 0 Å². The van der Waals surface area contributed by atoms with Gasteiger partial charge in [-0.1, -0.05) is 91.0 Å². The second-order valence-electron chi connectivity index (χ2n) is 8.96. The Hall–Kier alpha value is -2.54. The molecule has 5 rings (SSSR count). The van der Waals surface area contributed by atoms with Crippen molar-refractivity contribution >= 4 is 0 Å². The van der Waals surface area contributed by atoms with Gasteiger partial charge in [0, 0.05) is 0 Å². The van der Waals surface area contributed by atoms with Crippen LogP contribution < -0.4 is 0 Å². The molecule has 0 amide bonds. The average Bonchev–Trinajstić information content (AvgIpc) is 3.31. The van der Waals surface area contributed by atoms with Crippen LogP contribution in [0.3, 0.4) is 0 Å². The van der Waals surface area contributed by atoms with Crippen molar-refractivity contribution in [2.75, 3.05) is 0 Å². The van der Waals surface area contributed by atoms with E-state index in [0.29, 0.717) is 13.2 Å². The van der Waals surface area contributed by atoms with Gasteiger partial charge in [0.05, 0.1) is 13.2 Å². The summed E-state index contributed by atoms with van der Waals surface area (Å²) in [6, 6.07) is 30.4. The molecule has 3 aromatic carbocycles. The molecular formula is C28H30O5. The molecule has 0 N–H and O–H groups in total. The van der Waals surface area contributed by atoms with Crippen LogP contribution in [-0.2, 0) is 36.9 Å². The summed E-state index contributed by atoms with van der Waals surface area (Å²) in [5, 5.41) is 0. The zero-order chi connectivity index (χ0) is 22.7. The molecule has 172 valence electrons. The van der Waals surface area contributed by atoms with Crippen molar-refractivity contribution < 1.29 is 23.7 Å². The lowest BCUT2D eigenvalue weighted by atomic mass is 9.98. The van der Waals surface area contributed by atoms with Gasteiger partial charge < -0.3 is 23.7 Å². The molecule has 5 atom stereocenters. The lowest BCUT2D eigenvalue weighted by molar-refractivity contribution is -0.235. The van der Waals surface area contributed by atoms with Crippen LogP contribution in [-0.4, -0.2) is 30.4 Å². The number of hydrogen-bond donors (Lipinski definition) is 0. The van der Waals surface area contributed by atoms with Gasteiger partial charge in [0.25, 0.3) is 0 Å². The second kappa shape index (κ2) is 9.75. The molecule has 2 fully saturated rings. The minimum Gasteiger partial charge on any atom is -0.368 e. The highest BCUT2D eigenvalue weighted by Crippen LogP contribution is 2.43. The van der Waals surface area contributed by atoms with Crippen molar-refractivity contribution in [3.8, 4) is 0 Å². The fourth-order valence-corrected chi connectivity index (χ4v) is 4.49. The standard InChI is InChI=1S/C28H30O5/c1-28(2)32-26-24(30-19-21-14-8-4-9-15-21)25(31-27(26)33-28)23(22-16-10-5-11-17-22)29-18-20-12-6-3-7-13-20/h3-17,23-27H,18-19H2,1-2H3/t23-,24+,25+,26-,27-/m1/s1. The van der Waals surface area contributed by atoms with E-state index in [1.807, 2.05) is 68.4 Å². The van der Waals surface area contributed by atoms with E-state index in [1.165, 1.54) is 0 Å². The topological polar surface area (TPSA) is 46.2 Å². The highest BCUT2D eigenvalue weighted by atomic mass is 16.8. The Morgan fingerprint density at radius 3 is 1.97 bits per heavy atom. The van der Waals surface area contributed by atoms with Gasteiger partial charge in [-0.2, -0.15) is 0 Å². The van der Waals surface area contributed by atoms with Crippen molar-refractivity contribution in [1.29, 1.82) is 0 Å². The highest BCUT2D eigenvalue weighted by molar-refractivity contribution is 5.21. The van der Waals surface area contributed by atoms with Gasteiger partial charge in [-0.15, -0.1) is 0 Å². The summed E-state index contributed by atoms with van der Waals surface area (Å²) in [5.74, 6) is -0.720. The molecule has 0 radical (unpaired) electrons. The molecule has 2 heterocycles. The lowest BCUT2D eigenvalue weighted by Crippen LogP contribution is -2.40. The summed E-state index contributed by atoms with van der Waals surface area (Å²) < 4.78 is 31.6. The van der Waals surface area contributed by atoms with E-state index in [4.69, 9.17) is 23.7 Å². The Balaban J connectivity index is 1.41. The predicted molar refractivity (Wildman–Crippen MR) is 124 cm³/mol. The Morgan fingerprint density at radius 1 is 0.758 bits per heavy atom. The first-order valence-corrected chi connectivity index (χ1v) is 11.5. The van der Waals surface area contributed by atoms with Gasteiger partial charge in [-0.25, -0.2) is 0 Å². The second-order valence-corrected chi connectivity index (χ2v) is 8.96. The Labute approximate surface area is 195 Å². The van der Waals surface area contributed by atoms with E-state index < -0.39 is 12.1 Å². The minimum absolute atomic E-state index is 0.333. The lowest BCUT2D eigenvalue weighted by Gasteiger charge is -2.31. The molecule has 0 saturated carbocycles. The summed E-state index contributed by atoms with van der Waals surface area (Å²) in [5.41, 5.74) is 3.23. The maximum atomic E-state index is 6.48. The first kappa shape index (κ1) is 22.3. The zero-order valence-electron chi connectivity index (χ0n) is 19.0. The summed E-state index contributed by atoms with van der Waals surface area (Å²) in [6.07, 6.45) is -1.91. The fourth-order valence-electron chi connectivity index (χ4n) is 4.49. The van der Waals surface area contributed by atoms with Crippen LogP contribution in [0.4, 0.5) is 0 Å². The van der Waals surface area contributed by atoms with Gasteiger partial charge in [-0.05, 0) is 30.5 Å². The van der Waals surface area contributed by atoms with Gasteiger partial charge in [0.2, 0.25) is 0 Å². The maximum absolute atomic E-state index is 6.48. The van der Waals surface area contributed by atoms with E-state index in [0.717, 1.165) is 16.7 Å². The molecule has 2 aliphatic heterocycles. The minimum atomic E-state index is -0.720. The molecular weight excluding hydrogens is 416 g/mol. The Morgan fingerprint density at radius 2 is 1.33 bits per heavy atom. The van der Waals surface area contributed by atoms with E-state index in [-0.39, 0.29) is 24.4 Å². The van der Waals surface area contributed by atoms with Crippen LogP contribution in [0.1, 0.15) is 36.6 Å². The molecule has 2 saturated heterocycles. The third-order valence-electron chi connectivity index (χ3n) is 6.01. The predicted octanol–water partition coefficient (Wildman–Crippen LogP) is 5.41. The largest absolute Gasteiger partial charge is 0.368 e. The van der Waals surface area contributed by atoms with Gasteiger partial charge in [0.1, 0.15) is 24.4 Å². The first-order chi connectivity index (χ1) is 16.1. The third kappa shape index (κ3) is 5.18. The fraction of sp³-hybridized carbons (Fsp3) is 0.357. The van der Waals surface area contributed by atoms with Gasteiger partial charge >= 0.3 is 0 Å². The van der Waals surface area contributed by atoms with Crippen LogP contribution in [0.15, 0.2) is 91.0 Å². The van der Waals surface area contributed by atoms with E-state index in [2.05, 4.69) is 36.4 Å². The van der Waals surface area contributed by atoms with E-state index in [1.54, 1.807) is 0 Å². The van der Waals surface area contributed by atoms with Crippen LogP contribution in [0.25, 0.3) is 0 Å². The highest BCUT2D eigenvalue weighted by Gasteiger charge is 2.57. The zero-order valence-corrected chi connectivity index (χ0v) is 19.0. The molecule has 3 aromatic rings. The molecule has 5 heteroatoms. The first-order valence-electron chi connectivity index (χ1n) is 11.5. The molecule has 0 spiro atoms. The number of hydrogen-bond acceptors (Lipinski definition) is 5. The van der Waals surface area contributed by atoms with E-state index in [9.17, 15) is 0 Å². The average molecular weight is 447 g/mol. The number of rotatable bonds is 8. The molecule has 0 aromatic heterocycles. The Kier molecular flexibility index (Phi) is 6.58. The molecule has 0 unspecified atom stereocenters. The smallest absolute Gasteiger partial charge is 0.190 e. The maximum Gasteiger partial charge on any atom is 0.190 e. The molecule has 0 bridgehead atoms. The monoisotopic (exact) mass is 446 g/mol. The molecule has 5 nitrogen and oxygen atoms in total. The summed E-state index contributed by atoms with van der Waals surface area (Å²) in [6.45, 7) is 4.73. The van der Waals surface area contributed by atoms with Crippen molar-refractivity contribution in [2.24, 2.45) is 0 Å². The SMILES string of the molecule is CC1(C)O[C@H]2O[C@@H]([C@H](OCc3ccccc3)c3ccccc3)[C@H](OCc3ccccc3)[C@H]2O1. The van der Waals surface area contributed by atoms with Crippen molar-refractivity contribution in [2.45, 2.75) is 63.6 Å². The van der Waals surface area contributed by atoms with Crippen LogP contribution in [0.5, 0.6) is 0 Å². The van der Waals surface area contributed by atoms with Gasteiger partial charge in [0.15, 0.2) is 12.1 Å². The Bertz CT molecular complexity index is 1010. The quantitative estimate of drug-likeness (QED) is 0.463. The summed E-state index contributed by atoms with van der Waals surface area (Å²) in [4.78, 5) is 0. The van der Waals surface area contributed by atoms with Crippen LogP contribution in [0, 0.1) is 0 Å². The molecule has 0 aliphatic carbocycles. The van der Waals surface area contributed by atoms with Crippen LogP contribution >= 0.6 is 0 Å². The van der Waals surface area contributed by atoms with Crippen LogP contribution in [0.2, 0.25) is 0 Å². The van der Waals surface area contributed by atoms with E-state index >= 15 is 0 Å². The number of fused-ring (bicyclic) bond motifs is 1. The van der Waals surface area contributed by atoms with Gasteiger partial charge in [-0.3, -0.25) is 0 Å². The third-order valence-corrected chi connectivity index (χ3v) is 6.01. The normalized spacial score (nSPS) is 26.7. The number of benzene rings is 3. The summed E-state index contributed by atoms with van der Waals surface area (Å²) >= 11 is 0. The van der Waals surface area contributed by atoms with Crippen molar-refractivity contribution in [3.05, 3.63) is 108 Å².